The van der Waals surface area contributed by atoms with Crippen LogP contribution in [0.1, 0.15) is 23.7 Å². The Morgan fingerprint density at radius 3 is 2.65 bits per heavy atom. The molecule has 1 N–H and O–H groups in total. The Labute approximate surface area is 150 Å². The Morgan fingerprint density at radius 1 is 1.27 bits per heavy atom. The maximum Gasteiger partial charge on any atom is 0.339 e. The number of fused-ring (bicyclic) bond motifs is 1. The lowest BCUT2D eigenvalue weighted by Crippen LogP contribution is -2.30. The van der Waals surface area contributed by atoms with Crippen LogP contribution in [0, 0.1) is 20.8 Å². The van der Waals surface area contributed by atoms with Gasteiger partial charge in [-0.05, 0) is 45.4 Å². The Kier molecular flexibility index (Phi) is 4.54. The van der Waals surface area contributed by atoms with Crippen LogP contribution in [0.4, 0.5) is 5.69 Å². The zero-order valence-corrected chi connectivity index (χ0v) is 15.4. The first-order valence-corrected chi connectivity index (χ1v) is 8.28. The maximum absolute atomic E-state index is 12.3. The summed E-state index contributed by atoms with van der Waals surface area (Å²) in [7, 11) is 1.79. The number of carbonyl (C=O) groups is 1. The number of rotatable bonds is 4. The summed E-state index contributed by atoms with van der Waals surface area (Å²) in [6.07, 6.45) is 1.00. The Morgan fingerprint density at radius 2 is 2.00 bits per heavy atom. The molecule has 0 saturated carbocycles. The van der Waals surface area contributed by atoms with Gasteiger partial charge in [-0.25, -0.2) is 4.79 Å². The lowest BCUT2D eigenvalue weighted by atomic mass is 10.1. The van der Waals surface area contributed by atoms with Gasteiger partial charge in [0.25, 0.3) is 5.91 Å². The second-order valence-corrected chi connectivity index (χ2v) is 6.35. The molecular weight excluding hydrogens is 334 g/mol. The van der Waals surface area contributed by atoms with Crippen molar-refractivity contribution in [2.45, 2.75) is 33.8 Å². The average molecular weight is 355 g/mol. The van der Waals surface area contributed by atoms with Gasteiger partial charge < -0.3 is 14.5 Å². The smallest absolute Gasteiger partial charge is 0.339 e. The SMILES string of the molecule is Cc1nn(C)cc1NC(=O)C(C)Oc1ccc2c(C)c(C)c(=O)oc2c1. The number of nitrogens with one attached hydrogen (secondary N) is 1. The van der Waals surface area contributed by atoms with Gasteiger partial charge in [-0.15, -0.1) is 0 Å². The summed E-state index contributed by atoms with van der Waals surface area (Å²) >= 11 is 0. The minimum atomic E-state index is -0.731. The third-order valence-corrected chi connectivity index (χ3v) is 4.38. The van der Waals surface area contributed by atoms with E-state index in [0.717, 1.165) is 16.6 Å². The zero-order valence-electron chi connectivity index (χ0n) is 15.4. The van der Waals surface area contributed by atoms with Gasteiger partial charge in [0.15, 0.2) is 6.10 Å². The first-order valence-electron chi connectivity index (χ1n) is 8.28. The quantitative estimate of drug-likeness (QED) is 0.727. The molecule has 1 atom stereocenters. The van der Waals surface area contributed by atoms with E-state index in [-0.39, 0.29) is 11.5 Å². The normalized spacial score (nSPS) is 12.2. The summed E-state index contributed by atoms with van der Waals surface area (Å²) < 4.78 is 12.7. The minimum Gasteiger partial charge on any atom is -0.481 e. The second-order valence-electron chi connectivity index (χ2n) is 6.35. The molecule has 0 saturated heterocycles. The fourth-order valence-electron chi connectivity index (χ4n) is 2.72. The van der Waals surface area contributed by atoms with Crippen LogP contribution < -0.4 is 15.7 Å². The number of hydrogen-bond acceptors (Lipinski definition) is 5. The number of benzene rings is 1. The average Bonchev–Trinajstić information content (AvgIpc) is 2.89. The highest BCUT2D eigenvalue weighted by molar-refractivity contribution is 5.94. The summed E-state index contributed by atoms with van der Waals surface area (Å²) in [6, 6.07) is 5.21. The number of aromatic nitrogens is 2. The molecule has 2 aromatic heterocycles. The summed E-state index contributed by atoms with van der Waals surface area (Å²) in [6.45, 7) is 7.08. The van der Waals surface area contributed by atoms with Crippen molar-refractivity contribution in [3.63, 3.8) is 0 Å². The zero-order chi connectivity index (χ0) is 19.0. The van der Waals surface area contributed by atoms with Gasteiger partial charge >= 0.3 is 5.63 Å². The van der Waals surface area contributed by atoms with E-state index in [4.69, 9.17) is 9.15 Å². The molecule has 2 heterocycles. The fourth-order valence-corrected chi connectivity index (χ4v) is 2.72. The molecule has 136 valence electrons. The van der Waals surface area contributed by atoms with Crippen molar-refractivity contribution in [1.82, 2.24) is 9.78 Å². The van der Waals surface area contributed by atoms with Gasteiger partial charge in [0.1, 0.15) is 11.3 Å². The lowest BCUT2D eigenvalue weighted by Gasteiger charge is -2.15. The van der Waals surface area contributed by atoms with Gasteiger partial charge in [-0.3, -0.25) is 9.48 Å². The standard InChI is InChI=1S/C19H21N3O4/c1-10-11(2)19(24)26-17-8-14(6-7-15(10)17)25-13(4)18(23)20-16-9-22(5)21-12(16)3/h6-9,13H,1-5H3,(H,20,23). The van der Waals surface area contributed by atoms with Crippen molar-refractivity contribution < 1.29 is 13.9 Å². The highest BCUT2D eigenvalue weighted by atomic mass is 16.5. The Bertz CT molecular complexity index is 1050. The van der Waals surface area contributed by atoms with Crippen LogP contribution in [0.5, 0.6) is 5.75 Å². The van der Waals surface area contributed by atoms with E-state index in [2.05, 4.69) is 10.4 Å². The molecule has 7 heteroatoms. The van der Waals surface area contributed by atoms with Crippen LogP contribution in [-0.4, -0.2) is 21.8 Å². The predicted molar refractivity (Wildman–Crippen MR) is 98.6 cm³/mol. The molecule has 1 amide bonds. The predicted octanol–water partition coefficient (Wildman–Crippen LogP) is 2.86. The largest absolute Gasteiger partial charge is 0.481 e. The molecule has 1 aromatic carbocycles. The Hall–Kier alpha value is -3.09. The molecule has 3 rings (SSSR count). The summed E-state index contributed by atoms with van der Waals surface area (Å²) in [5.74, 6) is 0.164. The van der Waals surface area contributed by atoms with Crippen LogP contribution in [0.3, 0.4) is 0 Å². The first kappa shape index (κ1) is 17.7. The van der Waals surface area contributed by atoms with Gasteiger partial charge in [0, 0.05) is 30.3 Å². The van der Waals surface area contributed by atoms with Crippen LogP contribution >= 0.6 is 0 Å². The van der Waals surface area contributed by atoms with E-state index in [1.54, 1.807) is 43.9 Å². The van der Waals surface area contributed by atoms with Gasteiger partial charge in [-0.2, -0.15) is 5.10 Å². The monoisotopic (exact) mass is 355 g/mol. The van der Waals surface area contributed by atoms with Crippen LogP contribution in [0.15, 0.2) is 33.6 Å². The summed E-state index contributed by atoms with van der Waals surface area (Å²) in [5.41, 5.74) is 2.90. The van der Waals surface area contributed by atoms with Crippen molar-refractivity contribution in [3.05, 3.63) is 51.6 Å². The number of nitrogens with zero attached hydrogens (tertiary/aromatic N) is 2. The van der Waals surface area contributed by atoms with E-state index < -0.39 is 6.10 Å². The number of ether oxygens (including phenoxy) is 1. The molecule has 7 nitrogen and oxygen atoms in total. The summed E-state index contributed by atoms with van der Waals surface area (Å²) in [5, 5.41) is 7.82. The van der Waals surface area contributed by atoms with Crippen molar-refractivity contribution in [2.24, 2.45) is 7.05 Å². The Balaban J connectivity index is 1.79. The van der Waals surface area contributed by atoms with Crippen LogP contribution in [0.25, 0.3) is 11.0 Å². The number of hydrogen-bond donors (Lipinski definition) is 1. The molecule has 3 aromatic rings. The third-order valence-electron chi connectivity index (χ3n) is 4.38. The molecule has 1 unspecified atom stereocenters. The van der Waals surface area contributed by atoms with E-state index in [1.807, 2.05) is 19.9 Å². The first-order chi connectivity index (χ1) is 12.3. The minimum absolute atomic E-state index is 0.289. The number of anilines is 1. The van der Waals surface area contributed by atoms with E-state index >= 15 is 0 Å². The van der Waals surface area contributed by atoms with E-state index in [0.29, 0.717) is 22.6 Å². The molecule has 0 aliphatic rings. The number of aryl methyl sites for hydroxylation is 3. The van der Waals surface area contributed by atoms with Crippen LogP contribution in [-0.2, 0) is 11.8 Å². The van der Waals surface area contributed by atoms with E-state index in [9.17, 15) is 9.59 Å². The topological polar surface area (TPSA) is 86.4 Å². The van der Waals surface area contributed by atoms with E-state index in [1.165, 1.54) is 0 Å². The van der Waals surface area contributed by atoms with Crippen molar-refractivity contribution in [2.75, 3.05) is 5.32 Å². The number of amides is 1. The van der Waals surface area contributed by atoms with Crippen molar-refractivity contribution in [3.8, 4) is 5.75 Å². The molecule has 0 aliphatic heterocycles. The van der Waals surface area contributed by atoms with Gasteiger partial charge in [0.2, 0.25) is 0 Å². The second kappa shape index (κ2) is 6.67. The maximum atomic E-state index is 12.3. The molecule has 0 radical (unpaired) electrons. The molecule has 26 heavy (non-hydrogen) atoms. The molecule has 0 spiro atoms. The summed E-state index contributed by atoms with van der Waals surface area (Å²) in [4.78, 5) is 24.2. The number of carbonyl (C=O) groups excluding carboxylic acids is 1. The lowest BCUT2D eigenvalue weighted by molar-refractivity contribution is -0.122. The van der Waals surface area contributed by atoms with Crippen molar-refractivity contribution >= 4 is 22.6 Å². The highest BCUT2D eigenvalue weighted by Crippen LogP contribution is 2.24. The van der Waals surface area contributed by atoms with Crippen LogP contribution in [0.2, 0.25) is 0 Å². The van der Waals surface area contributed by atoms with Gasteiger partial charge in [-0.1, -0.05) is 0 Å². The highest BCUT2D eigenvalue weighted by Gasteiger charge is 2.17. The molecule has 0 aliphatic carbocycles. The molecule has 0 fully saturated rings. The fraction of sp³-hybridized carbons (Fsp3) is 0.316. The molecular formula is C19H21N3O4. The third kappa shape index (κ3) is 3.33. The van der Waals surface area contributed by atoms with Gasteiger partial charge in [0.05, 0.1) is 11.4 Å². The van der Waals surface area contributed by atoms with Crippen molar-refractivity contribution in [1.29, 1.82) is 0 Å². The molecule has 0 bridgehead atoms.